The Bertz CT molecular complexity index is 168. The van der Waals surface area contributed by atoms with Crippen molar-refractivity contribution in [2.75, 3.05) is 26.2 Å². The first-order valence-electron chi connectivity index (χ1n) is 5.02. The maximum atomic E-state index is 12.8. The minimum absolute atomic E-state index is 0.0949. The van der Waals surface area contributed by atoms with E-state index in [1.807, 2.05) is 4.90 Å². The Kier molecular flexibility index (Phi) is 4.22. The van der Waals surface area contributed by atoms with Gasteiger partial charge in [-0.1, -0.05) is 0 Å². The van der Waals surface area contributed by atoms with Gasteiger partial charge in [-0.05, 0) is 13.0 Å². The number of nitrogens with zero attached hydrogens (tertiary/aromatic N) is 1. The van der Waals surface area contributed by atoms with Crippen molar-refractivity contribution in [3.05, 3.63) is 0 Å². The molecule has 1 saturated heterocycles. The van der Waals surface area contributed by atoms with Gasteiger partial charge in [0, 0.05) is 32.5 Å². The molecule has 0 aliphatic carbocycles. The first kappa shape index (κ1) is 11.8. The van der Waals surface area contributed by atoms with Gasteiger partial charge in [-0.15, -0.1) is 0 Å². The number of halogens is 2. The summed E-state index contributed by atoms with van der Waals surface area (Å²) in [6.07, 6.45) is -0.135. The Morgan fingerprint density at radius 3 is 2.43 bits per heavy atom. The summed E-state index contributed by atoms with van der Waals surface area (Å²) in [5.41, 5.74) is 5.28. The molecule has 1 aliphatic heterocycles. The van der Waals surface area contributed by atoms with Crippen LogP contribution in [0.25, 0.3) is 0 Å². The third-order valence-electron chi connectivity index (χ3n) is 2.56. The van der Waals surface area contributed by atoms with Crippen molar-refractivity contribution in [1.82, 2.24) is 4.90 Å². The molecule has 0 amide bonds. The summed E-state index contributed by atoms with van der Waals surface area (Å²) >= 11 is 0. The predicted octanol–water partition coefficient (Wildman–Crippen LogP) is 0.427. The van der Waals surface area contributed by atoms with Gasteiger partial charge in [0.15, 0.2) is 0 Å². The molecule has 5 heteroatoms. The van der Waals surface area contributed by atoms with Crippen molar-refractivity contribution in [3.63, 3.8) is 0 Å². The second-order valence-electron chi connectivity index (χ2n) is 3.89. The molecule has 0 aromatic heterocycles. The largest absolute Gasteiger partial charge is 0.392 e. The summed E-state index contributed by atoms with van der Waals surface area (Å²) in [6.45, 7) is 1.64. The summed E-state index contributed by atoms with van der Waals surface area (Å²) in [6, 6.07) is 0. The molecule has 0 spiro atoms. The zero-order chi connectivity index (χ0) is 10.6. The van der Waals surface area contributed by atoms with Crippen LogP contribution < -0.4 is 5.73 Å². The van der Waals surface area contributed by atoms with Gasteiger partial charge in [0.2, 0.25) is 0 Å². The number of aliphatic hydroxyl groups is 1. The quantitative estimate of drug-likeness (QED) is 0.704. The molecular formula is C9H18F2N2O. The van der Waals surface area contributed by atoms with Gasteiger partial charge >= 0.3 is 0 Å². The van der Waals surface area contributed by atoms with Crippen molar-refractivity contribution in [1.29, 1.82) is 0 Å². The molecule has 14 heavy (non-hydrogen) atoms. The summed E-state index contributed by atoms with van der Waals surface area (Å²) in [5, 5.41) is 9.42. The first-order chi connectivity index (χ1) is 6.53. The van der Waals surface area contributed by atoms with Crippen LogP contribution in [-0.2, 0) is 0 Å². The van der Waals surface area contributed by atoms with Gasteiger partial charge in [-0.25, -0.2) is 8.78 Å². The SMILES string of the molecule is NCCC(O)CN1CCC(F)(F)CC1. The zero-order valence-electron chi connectivity index (χ0n) is 8.25. The molecule has 1 heterocycles. The van der Waals surface area contributed by atoms with E-state index in [0.717, 1.165) is 0 Å². The van der Waals surface area contributed by atoms with Gasteiger partial charge in [0.1, 0.15) is 0 Å². The lowest BCUT2D eigenvalue weighted by Gasteiger charge is -2.32. The maximum absolute atomic E-state index is 12.8. The molecule has 3 nitrogen and oxygen atoms in total. The third kappa shape index (κ3) is 3.86. The number of hydrogen-bond donors (Lipinski definition) is 2. The fraction of sp³-hybridized carbons (Fsp3) is 1.00. The van der Waals surface area contributed by atoms with Crippen molar-refractivity contribution in [3.8, 4) is 0 Å². The van der Waals surface area contributed by atoms with Crippen LogP contribution in [0.5, 0.6) is 0 Å². The second kappa shape index (κ2) is 5.00. The monoisotopic (exact) mass is 208 g/mol. The third-order valence-corrected chi connectivity index (χ3v) is 2.56. The molecular weight excluding hydrogens is 190 g/mol. The molecule has 0 bridgehead atoms. The zero-order valence-corrected chi connectivity index (χ0v) is 8.25. The summed E-state index contributed by atoms with van der Waals surface area (Å²) in [7, 11) is 0. The lowest BCUT2D eigenvalue weighted by Crippen LogP contribution is -2.43. The number of nitrogens with two attached hydrogens (primary N) is 1. The van der Waals surface area contributed by atoms with E-state index in [2.05, 4.69) is 0 Å². The Morgan fingerprint density at radius 2 is 1.93 bits per heavy atom. The normalized spacial score (nSPS) is 24.9. The van der Waals surface area contributed by atoms with Crippen LogP contribution in [0.4, 0.5) is 8.78 Å². The second-order valence-corrected chi connectivity index (χ2v) is 3.89. The number of β-amino-alcohol motifs (C(OH)–C–C–N with tert-alkyl or cyclic N) is 1. The molecule has 1 rings (SSSR count). The fourth-order valence-electron chi connectivity index (χ4n) is 1.64. The van der Waals surface area contributed by atoms with E-state index in [9.17, 15) is 13.9 Å². The van der Waals surface area contributed by atoms with E-state index in [-0.39, 0.29) is 12.8 Å². The molecule has 1 fully saturated rings. The molecule has 1 atom stereocenters. The van der Waals surface area contributed by atoms with Gasteiger partial charge in [0.05, 0.1) is 6.10 Å². The number of piperidine rings is 1. The minimum atomic E-state index is -2.50. The summed E-state index contributed by atoms with van der Waals surface area (Å²) < 4.78 is 25.5. The van der Waals surface area contributed by atoms with E-state index in [4.69, 9.17) is 5.73 Å². The van der Waals surface area contributed by atoms with Crippen LogP contribution in [0.15, 0.2) is 0 Å². The van der Waals surface area contributed by atoms with Crippen LogP contribution >= 0.6 is 0 Å². The highest BCUT2D eigenvalue weighted by atomic mass is 19.3. The predicted molar refractivity (Wildman–Crippen MR) is 50.3 cm³/mol. The van der Waals surface area contributed by atoms with E-state index in [1.165, 1.54) is 0 Å². The number of aliphatic hydroxyl groups excluding tert-OH is 1. The molecule has 0 saturated carbocycles. The summed E-state index contributed by atoms with van der Waals surface area (Å²) in [5.74, 6) is -2.50. The Hall–Kier alpha value is -0.260. The molecule has 1 unspecified atom stereocenters. The first-order valence-corrected chi connectivity index (χ1v) is 5.02. The highest BCUT2D eigenvalue weighted by Crippen LogP contribution is 2.27. The fourth-order valence-corrected chi connectivity index (χ4v) is 1.64. The van der Waals surface area contributed by atoms with Crippen molar-refractivity contribution in [2.45, 2.75) is 31.3 Å². The Labute approximate surface area is 82.9 Å². The lowest BCUT2D eigenvalue weighted by atomic mass is 10.1. The van der Waals surface area contributed by atoms with Gasteiger partial charge < -0.3 is 15.7 Å². The number of rotatable bonds is 4. The molecule has 1 aliphatic rings. The number of alkyl halides is 2. The van der Waals surface area contributed by atoms with Crippen LogP contribution in [0.3, 0.4) is 0 Å². The topological polar surface area (TPSA) is 49.5 Å². The maximum Gasteiger partial charge on any atom is 0.250 e. The van der Waals surface area contributed by atoms with Gasteiger partial charge in [-0.2, -0.15) is 0 Å². The molecule has 0 radical (unpaired) electrons. The minimum Gasteiger partial charge on any atom is -0.392 e. The smallest absolute Gasteiger partial charge is 0.250 e. The Balaban J connectivity index is 2.22. The van der Waals surface area contributed by atoms with Crippen molar-refractivity contribution < 1.29 is 13.9 Å². The lowest BCUT2D eigenvalue weighted by molar-refractivity contribution is -0.0612. The van der Waals surface area contributed by atoms with Crippen LogP contribution in [0, 0.1) is 0 Å². The number of likely N-dealkylation sites (tertiary alicyclic amines) is 1. The molecule has 3 N–H and O–H groups in total. The Morgan fingerprint density at radius 1 is 1.36 bits per heavy atom. The van der Waals surface area contributed by atoms with Crippen LogP contribution in [0.1, 0.15) is 19.3 Å². The number of hydrogen-bond acceptors (Lipinski definition) is 3. The van der Waals surface area contributed by atoms with Crippen LogP contribution in [0.2, 0.25) is 0 Å². The summed E-state index contributed by atoms with van der Waals surface area (Å²) in [4.78, 5) is 1.87. The highest BCUT2D eigenvalue weighted by Gasteiger charge is 2.34. The standard InChI is InChI=1S/C9H18F2N2O/c10-9(11)2-5-13(6-3-9)7-8(14)1-4-12/h8,14H,1-7,12H2. The van der Waals surface area contributed by atoms with Crippen molar-refractivity contribution >= 4 is 0 Å². The molecule has 0 aromatic rings. The van der Waals surface area contributed by atoms with E-state index < -0.39 is 12.0 Å². The van der Waals surface area contributed by atoms with E-state index in [1.54, 1.807) is 0 Å². The van der Waals surface area contributed by atoms with Gasteiger partial charge in [-0.3, -0.25) is 0 Å². The average Bonchev–Trinajstić information content (AvgIpc) is 2.09. The van der Waals surface area contributed by atoms with Crippen LogP contribution in [-0.4, -0.2) is 48.2 Å². The van der Waals surface area contributed by atoms with Crippen molar-refractivity contribution in [2.24, 2.45) is 5.73 Å². The van der Waals surface area contributed by atoms with E-state index in [0.29, 0.717) is 32.6 Å². The molecule has 0 aromatic carbocycles. The van der Waals surface area contributed by atoms with Gasteiger partial charge in [0.25, 0.3) is 5.92 Å². The highest BCUT2D eigenvalue weighted by molar-refractivity contribution is 4.78. The molecule has 84 valence electrons. The average molecular weight is 208 g/mol. The van der Waals surface area contributed by atoms with E-state index >= 15 is 0 Å².